The Balaban J connectivity index is 1.92. The standard InChI is InChI=1S/C26H19NO3/c1-17-19(6-5-9-22(17)29-2)14-15-24-25(20-12-10-18(16-27)11-13-20)26(28)21-7-3-4-8-23(21)30-24/h3-15H,1-2H3. The van der Waals surface area contributed by atoms with Crippen LogP contribution in [0.1, 0.15) is 22.5 Å². The van der Waals surface area contributed by atoms with Crippen molar-refractivity contribution < 1.29 is 9.15 Å². The largest absolute Gasteiger partial charge is 0.496 e. The Kier molecular flexibility index (Phi) is 5.19. The average Bonchev–Trinajstić information content (AvgIpc) is 2.79. The van der Waals surface area contributed by atoms with Gasteiger partial charge in [-0.15, -0.1) is 0 Å². The monoisotopic (exact) mass is 393 g/mol. The molecule has 0 atom stereocenters. The van der Waals surface area contributed by atoms with Crippen LogP contribution in [0.15, 0.2) is 75.9 Å². The zero-order valence-corrected chi connectivity index (χ0v) is 16.7. The molecule has 0 fully saturated rings. The molecule has 4 nitrogen and oxygen atoms in total. The number of ether oxygens (including phenoxy) is 1. The van der Waals surface area contributed by atoms with Crippen LogP contribution in [0.2, 0.25) is 0 Å². The quantitative estimate of drug-likeness (QED) is 0.438. The summed E-state index contributed by atoms with van der Waals surface area (Å²) < 4.78 is 11.5. The van der Waals surface area contributed by atoms with E-state index in [1.807, 2.05) is 49.4 Å². The lowest BCUT2D eigenvalue weighted by molar-refractivity contribution is 0.411. The summed E-state index contributed by atoms with van der Waals surface area (Å²) in [6.45, 7) is 1.98. The molecular weight excluding hydrogens is 374 g/mol. The minimum absolute atomic E-state index is 0.108. The van der Waals surface area contributed by atoms with Gasteiger partial charge in [0, 0.05) is 0 Å². The molecule has 0 amide bonds. The van der Waals surface area contributed by atoms with Crippen molar-refractivity contribution in [1.29, 1.82) is 5.26 Å². The maximum absolute atomic E-state index is 13.3. The maximum Gasteiger partial charge on any atom is 0.201 e. The first-order valence-corrected chi connectivity index (χ1v) is 9.50. The molecule has 0 radical (unpaired) electrons. The van der Waals surface area contributed by atoms with Gasteiger partial charge in [-0.05, 0) is 60.0 Å². The van der Waals surface area contributed by atoms with E-state index >= 15 is 0 Å². The van der Waals surface area contributed by atoms with Crippen LogP contribution < -0.4 is 10.2 Å². The Morgan fingerprint density at radius 2 is 1.73 bits per heavy atom. The SMILES string of the molecule is COc1cccc(C=Cc2oc3ccccc3c(=O)c2-c2ccc(C#N)cc2)c1C. The van der Waals surface area contributed by atoms with Gasteiger partial charge >= 0.3 is 0 Å². The molecule has 1 heterocycles. The molecule has 1 aromatic heterocycles. The van der Waals surface area contributed by atoms with Crippen molar-refractivity contribution in [2.45, 2.75) is 6.92 Å². The van der Waals surface area contributed by atoms with E-state index in [1.54, 1.807) is 43.5 Å². The average molecular weight is 393 g/mol. The van der Waals surface area contributed by atoms with Crippen LogP contribution in [0.5, 0.6) is 5.75 Å². The van der Waals surface area contributed by atoms with Gasteiger partial charge < -0.3 is 9.15 Å². The molecular formula is C26H19NO3. The third-order valence-electron chi connectivity index (χ3n) is 5.09. The molecule has 0 aliphatic rings. The molecule has 0 saturated heterocycles. The molecule has 0 aliphatic carbocycles. The van der Waals surface area contributed by atoms with Crippen molar-refractivity contribution >= 4 is 23.1 Å². The smallest absolute Gasteiger partial charge is 0.201 e. The van der Waals surface area contributed by atoms with E-state index in [0.717, 1.165) is 16.9 Å². The number of nitriles is 1. The van der Waals surface area contributed by atoms with E-state index in [0.29, 0.717) is 33.4 Å². The van der Waals surface area contributed by atoms with Gasteiger partial charge in [-0.2, -0.15) is 5.26 Å². The number of nitrogens with zero attached hydrogens (tertiary/aromatic N) is 1. The van der Waals surface area contributed by atoms with Crippen LogP contribution in [0.3, 0.4) is 0 Å². The van der Waals surface area contributed by atoms with Gasteiger partial charge in [-0.25, -0.2) is 0 Å². The van der Waals surface area contributed by atoms with Gasteiger partial charge in [0.25, 0.3) is 0 Å². The third-order valence-corrected chi connectivity index (χ3v) is 5.09. The van der Waals surface area contributed by atoms with E-state index in [4.69, 9.17) is 14.4 Å². The number of hydrogen-bond donors (Lipinski definition) is 0. The van der Waals surface area contributed by atoms with Crippen molar-refractivity contribution in [1.82, 2.24) is 0 Å². The fourth-order valence-electron chi connectivity index (χ4n) is 3.46. The van der Waals surface area contributed by atoms with Gasteiger partial charge in [0.1, 0.15) is 17.1 Å². The topological polar surface area (TPSA) is 63.2 Å². The molecule has 4 rings (SSSR count). The highest BCUT2D eigenvalue weighted by atomic mass is 16.5. The summed E-state index contributed by atoms with van der Waals surface area (Å²) in [5.41, 5.74) is 4.10. The molecule has 4 heteroatoms. The second kappa shape index (κ2) is 8.10. The van der Waals surface area contributed by atoms with Crippen LogP contribution in [-0.4, -0.2) is 7.11 Å². The van der Waals surface area contributed by atoms with Crippen molar-refractivity contribution in [2.24, 2.45) is 0 Å². The number of benzene rings is 3. The molecule has 0 N–H and O–H groups in total. The predicted molar refractivity (Wildman–Crippen MR) is 119 cm³/mol. The van der Waals surface area contributed by atoms with Crippen LogP contribution >= 0.6 is 0 Å². The van der Waals surface area contributed by atoms with Crippen LogP contribution in [0.4, 0.5) is 0 Å². The molecule has 0 spiro atoms. The zero-order valence-electron chi connectivity index (χ0n) is 16.7. The highest BCUT2D eigenvalue weighted by molar-refractivity contribution is 5.87. The second-order valence-corrected chi connectivity index (χ2v) is 6.86. The van der Waals surface area contributed by atoms with E-state index in [9.17, 15) is 4.79 Å². The van der Waals surface area contributed by atoms with E-state index in [2.05, 4.69) is 6.07 Å². The van der Waals surface area contributed by atoms with Crippen molar-refractivity contribution in [3.63, 3.8) is 0 Å². The van der Waals surface area contributed by atoms with Gasteiger partial charge in [-0.3, -0.25) is 4.79 Å². The van der Waals surface area contributed by atoms with Gasteiger partial charge in [0.15, 0.2) is 0 Å². The van der Waals surface area contributed by atoms with E-state index < -0.39 is 0 Å². The number of hydrogen-bond acceptors (Lipinski definition) is 4. The maximum atomic E-state index is 13.3. The fourth-order valence-corrected chi connectivity index (χ4v) is 3.46. The Hall–Kier alpha value is -4.10. The molecule has 0 saturated carbocycles. The van der Waals surface area contributed by atoms with Gasteiger partial charge in [0.2, 0.25) is 5.43 Å². The van der Waals surface area contributed by atoms with Crippen LogP contribution in [-0.2, 0) is 0 Å². The molecule has 0 aliphatic heterocycles. The van der Waals surface area contributed by atoms with Crippen molar-refractivity contribution in [2.75, 3.05) is 7.11 Å². The first-order chi connectivity index (χ1) is 14.6. The number of fused-ring (bicyclic) bond motifs is 1. The van der Waals surface area contributed by atoms with E-state index in [-0.39, 0.29) is 5.43 Å². The number of rotatable bonds is 4. The fraction of sp³-hybridized carbons (Fsp3) is 0.0769. The lowest BCUT2D eigenvalue weighted by Gasteiger charge is -2.09. The Labute approximate surface area is 174 Å². The van der Waals surface area contributed by atoms with Gasteiger partial charge in [0.05, 0.1) is 29.7 Å². The molecule has 4 aromatic rings. The Bertz CT molecular complexity index is 1360. The Morgan fingerprint density at radius 1 is 0.967 bits per heavy atom. The summed E-state index contributed by atoms with van der Waals surface area (Å²) in [5, 5.41) is 9.60. The molecule has 0 bridgehead atoms. The number of methoxy groups -OCH3 is 1. The highest BCUT2D eigenvalue weighted by Gasteiger charge is 2.15. The second-order valence-electron chi connectivity index (χ2n) is 6.86. The summed E-state index contributed by atoms with van der Waals surface area (Å²) in [6.07, 6.45) is 3.72. The minimum atomic E-state index is -0.108. The molecule has 3 aromatic carbocycles. The summed E-state index contributed by atoms with van der Waals surface area (Å²) in [5.74, 6) is 1.26. The predicted octanol–water partition coefficient (Wildman–Crippen LogP) is 5.82. The van der Waals surface area contributed by atoms with Crippen molar-refractivity contribution in [3.8, 4) is 22.9 Å². The zero-order chi connectivity index (χ0) is 21.1. The van der Waals surface area contributed by atoms with E-state index in [1.165, 1.54) is 0 Å². The highest BCUT2D eigenvalue weighted by Crippen LogP contribution is 2.28. The normalized spacial score (nSPS) is 11.0. The third kappa shape index (κ3) is 3.49. The van der Waals surface area contributed by atoms with Crippen molar-refractivity contribution in [3.05, 3.63) is 99.4 Å². The minimum Gasteiger partial charge on any atom is -0.496 e. The summed E-state index contributed by atoms with van der Waals surface area (Å²) in [6, 6.07) is 22.0. The van der Waals surface area contributed by atoms with Crippen LogP contribution in [0, 0.1) is 18.3 Å². The summed E-state index contributed by atoms with van der Waals surface area (Å²) in [4.78, 5) is 13.3. The first-order valence-electron chi connectivity index (χ1n) is 9.50. The first kappa shape index (κ1) is 19.2. The summed E-state index contributed by atoms with van der Waals surface area (Å²) >= 11 is 0. The molecule has 0 unspecified atom stereocenters. The van der Waals surface area contributed by atoms with Crippen LogP contribution in [0.25, 0.3) is 34.2 Å². The lowest BCUT2D eigenvalue weighted by Crippen LogP contribution is -2.07. The Morgan fingerprint density at radius 3 is 2.47 bits per heavy atom. The van der Waals surface area contributed by atoms with Gasteiger partial charge in [-0.1, -0.05) is 42.5 Å². The molecule has 146 valence electrons. The summed E-state index contributed by atoms with van der Waals surface area (Å²) in [7, 11) is 1.64. The number of para-hydroxylation sites is 1. The lowest BCUT2D eigenvalue weighted by atomic mass is 10.00. The molecule has 30 heavy (non-hydrogen) atoms.